The van der Waals surface area contributed by atoms with Crippen LogP contribution in [0.25, 0.3) is 0 Å². The van der Waals surface area contributed by atoms with Crippen LogP contribution in [0.15, 0.2) is 28.6 Å². The average molecular weight is 440 g/mol. The number of aliphatic carboxylic acids is 1. The second-order valence-electron chi connectivity index (χ2n) is 6.74. The number of rotatable bonds is 7. The van der Waals surface area contributed by atoms with E-state index in [0.29, 0.717) is 22.6 Å². The lowest BCUT2D eigenvalue weighted by atomic mass is 10.1. The van der Waals surface area contributed by atoms with Gasteiger partial charge in [-0.05, 0) is 43.4 Å². The van der Waals surface area contributed by atoms with Crippen LogP contribution in [0.2, 0.25) is 5.02 Å². The number of urea groups is 1. The molecule has 150 valence electrons. The van der Waals surface area contributed by atoms with Crippen molar-refractivity contribution in [1.29, 1.82) is 0 Å². The number of halogens is 1. The van der Waals surface area contributed by atoms with Gasteiger partial charge in [-0.15, -0.1) is 11.8 Å². The summed E-state index contributed by atoms with van der Waals surface area (Å²) in [4.78, 5) is 29.7. The molecule has 1 aromatic carbocycles. The van der Waals surface area contributed by atoms with Gasteiger partial charge in [0.1, 0.15) is 0 Å². The monoisotopic (exact) mass is 439 g/mol. The third kappa shape index (κ3) is 5.40. The molecule has 28 heavy (non-hydrogen) atoms. The van der Waals surface area contributed by atoms with E-state index in [1.54, 1.807) is 11.1 Å². The average Bonchev–Trinajstić information content (AvgIpc) is 3.32. The van der Waals surface area contributed by atoms with Gasteiger partial charge in [0.05, 0.1) is 16.2 Å². The molecule has 1 aliphatic carbocycles. The first kappa shape index (κ1) is 21.0. The van der Waals surface area contributed by atoms with E-state index in [0.717, 1.165) is 28.3 Å². The van der Waals surface area contributed by atoms with Gasteiger partial charge in [0, 0.05) is 17.3 Å². The van der Waals surface area contributed by atoms with E-state index in [9.17, 15) is 9.59 Å². The Bertz CT molecular complexity index is 853. The first-order valence-corrected chi connectivity index (χ1v) is 11.3. The Balaban J connectivity index is 1.76. The van der Waals surface area contributed by atoms with E-state index < -0.39 is 5.97 Å². The molecule has 6 nitrogen and oxygen atoms in total. The number of carboxylic acids is 1. The van der Waals surface area contributed by atoms with Crippen LogP contribution in [0.5, 0.6) is 0 Å². The predicted molar refractivity (Wildman–Crippen MR) is 115 cm³/mol. The molecule has 1 fully saturated rings. The van der Waals surface area contributed by atoms with E-state index in [1.807, 2.05) is 25.1 Å². The fourth-order valence-corrected chi connectivity index (χ4v) is 5.06. The zero-order chi connectivity index (χ0) is 20.1. The molecular weight excluding hydrogens is 418 g/mol. The fraction of sp³-hybridized carbons (Fsp3) is 0.421. The standard InChI is InChI=1S/C19H22ClN3O3S2/c1-12-14(20)7-4-8-15(12)23(10-13-5-2-3-6-13)19(26)22-18-21-9-17(28-18)27-11-16(24)25/h4,7-9,13H,2-3,5-6,10-11H2,1H3,(H,24,25)(H,21,22,26). The summed E-state index contributed by atoms with van der Waals surface area (Å²) in [5.41, 5.74) is 1.67. The molecule has 0 saturated heterocycles. The van der Waals surface area contributed by atoms with Crippen molar-refractivity contribution in [2.45, 2.75) is 36.8 Å². The number of aromatic nitrogens is 1. The molecule has 1 aliphatic rings. The molecule has 0 atom stereocenters. The fourth-order valence-electron chi connectivity index (χ4n) is 3.31. The van der Waals surface area contributed by atoms with Gasteiger partial charge >= 0.3 is 12.0 Å². The second kappa shape index (κ2) is 9.62. The van der Waals surface area contributed by atoms with E-state index in [-0.39, 0.29) is 11.8 Å². The van der Waals surface area contributed by atoms with Crippen LogP contribution >= 0.6 is 34.7 Å². The van der Waals surface area contributed by atoms with Crippen LogP contribution in [0, 0.1) is 12.8 Å². The van der Waals surface area contributed by atoms with Crippen molar-refractivity contribution < 1.29 is 14.7 Å². The van der Waals surface area contributed by atoms with Crippen molar-refractivity contribution in [3.8, 4) is 0 Å². The molecule has 1 heterocycles. The third-order valence-corrected chi connectivity index (χ3v) is 7.23. The largest absolute Gasteiger partial charge is 0.481 e. The van der Waals surface area contributed by atoms with Crippen LogP contribution in [0.3, 0.4) is 0 Å². The highest BCUT2D eigenvalue weighted by Gasteiger charge is 2.25. The minimum Gasteiger partial charge on any atom is -0.481 e. The summed E-state index contributed by atoms with van der Waals surface area (Å²) in [7, 11) is 0. The summed E-state index contributed by atoms with van der Waals surface area (Å²) in [6.45, 7) is 2.55. The Morgan fingerprint density at radius 2 is 2.14 bits per heavy atom. The highest BCUT2D eigenvalue weighted by atomic mass is 35.5. The summed E-state index contributed by atoms with van der Waals surface area (Å²) in [6.07, 6.45) is 6.23. The number of carboxylic acid groups (broad SMARTS) is 1. The van der Waals surface area contributed by atoms with E-state index >= 15 is 0 Å². The van der Waals surface area contributed by atoms with Crippen molar-refractivity contribution in [3.05, 3.63) is 35.0 Å². The molecule has 0 spiro atoms. The summed E-state index contributed by atoms with van der Waals surface area (Å²) in [5.74, 6) is -0.448. The topological polar surface area (TPSA) is 82.5 Å². The molecule has 0 aliphatic heterocycles. The molecule has 0 unspecified atom stereocenters. The maximum atomic E-state index is 13.1. The molecule has 1 saturated carbocycles. The van der Waals surface area contributed by atoms with Crippen LogP contribution < -0.4 is 10.2 Å². The molecular formula is C19H22ClN3O3S2. The number of hydrogen-bond donors (Lipinski definition) is 2. The van der Waals surface area contributed by atoms with Gasteiger partial charge in [-0.1, -0.05) is 41.8 Å². The number of nitrogens with one attached hydrogen (secondary N) is 1. The number of carbonyl (C=O) groups excluding carboxylic acids is 1. The number of hydrogen-bond acceptors (Lipinski definition) is 5. The van der Waals surface area contributed by atoms with Gasteiger partial charge < -0.3 is 5.11 Å². The van der Waals surface area contributed by atoms with Crippen molar-refractivity contribution in [1.82, 2.24) is 4.98 Å². The molecule has 1 aromatic heterocycles. The van der Waals surface area contributed by atoms with Gasteiger partial charge in [-0.25, -0.2) is 9.78 Å². The van der Waals surface area contributed by atoms with E-state index in [2.05, 4.69) is 10.3 Å². The number of carbonyl (C=O) groups is 2. The van der Waals surface area contributed by atoms with Crippen LogP contribution in [-0.4, -0.2) is 34.4 Å². The molecule has 2 aromatic rings. The van der Waals surface area contributed by atoms with Gasteiger partial charge in [-0.3, -0.25) is 15.0 Å². The Labute approximate surface area is 177 Å². The lowest BCUT2D eigenvalue weighted by Gasteiger charge is -2.27. The lowest BCUT2D eigenvalue weighted by molar-refractivity contribution is -0.133. The molecule has 0 radical (unpaired) electrons. The number of nitrogens with zero attached hydrogens (tertiary/aromatic N) is 2. The highest BCUT2D eigenvalue weighted by Crippen LogP contribution is 2.33. The molecule has 9 heteroatoms. The Morgan fingerprint density at radius 3 is 2.86 bits per heavy atom. The van der Waals surface area contributed by atoms with Crippen molar-refractivity contribution >= 4 is 57.5 Å². The number of anilines is 2. The second-order valence-corrected chi connectivity index (χ2v) is 9.46. The van der Waals surface area contributed by atoms with Gasteiger partial charge in [0.2, 0.25) is 0 Å². The molecule has 2 amide bonds. The zero-order valence-corrected chi connectivity index (χ0v) is 17.9. The lowest BCUT2D eigenvalue weighted by Crippen LogP contribution is -2.38. The first-order chi connectivity index (χ1) is 13.4. The smallest absolute Gasteiger partial charge is 0.328 e. The maximum absolute atomic E-state index is 13.1. The zero-order valence-electron chi connectivity index (χ0n) is 15.5. The van der Waals surface area contributed by atoms with E-state index in [1.165, 1.54) is 35.9 Å². The van der Waals surface area contributed by atoms with Crippen molar-refractivity contribution in [3.63, 3.8) is 0 Å². The number of amides is 2. The Morgan fingerprint density at radius 1 is 1.39 bits per heavy atom. The summed E-state index contributed by atoms with van der Waals surface area (Å²) < 4.78 is 0.749. The van der Waals surface area contributed by atoms with Crippen molar-refractivity contribution in [2.24, 2.45) is 5.92 Å². The SMILES string of the molecule is Cc1c(Cl)cccc1N(CC1CCCC1)C(=O)Nc1ncc(SCC(=O)O)s1. The van der Waals surface area contributed by atoms with Crippen LogP contribution in [0.4, 0.5) is 15.6 Å². The van der Waals surface area contributed by atoms with Crippen molar-refractivity contribution in [2.75, 3.05) is 22.5 Å². The summed E-state index contributed by atoms with van der Waals surface area (Å²) in [5, 5.41) is 12.7. The maximum Gasteiger partial charge on any atom is 0.328 e. The normalized spacial score (nSPS) is 14.2. The summed E-state index contributed by atoms with van der Waals surface area (Å²) in [6, 6.07) is 5.33. The predicted octanol–water partition coefficient (Wildman–Crippen LogP) is 5.51. The summed E-state index contributed by atoms with van der Waals surface area (Å²) >= 11 is 8.74. The minimum atomic E-state index is -0.886. The number of benzene rings is 1. The van der Waals surface area contributed by atoms with Crippen LogP contribution in [0.1, 0.15) is 31.2 Å². The van der Waals surface area contributed by atoms with Gasteiger partial charge in [0.25, 0.3) is 0 Å². The van der Waals surface area contributed by atoms with Gasteiger partial charge in [-0.2, -0.15) is 0 Å². The van der Waals surface area contributed by atoms with Gasteiger partial charge in [0.15, 0.2) is 5.13 Å². The molecule has 2 N–H and O–H groups in total. The minimum absolute atomic E-state index is 0.0366. The first-order valence-electron chi connectivity index (χ1n) is 9.08. The quantitative estimate of drug-likeness (QED) is 0.555. The number of thiazole rings is 1. The highest BCUT2D eigenvalue weighted by molar-refractivity contribution is 8.01. The Kier molecular flexibility index (Phi) is 7.20. The molecule has 0 bridgehead atoms. The van der Waals surface area contributed by atoms with Crippen LogP contribution in [-0.2, 0) is 4.79 Å². The molecule has 3 rings (SSSR count). The number of thioether (sulfide) groups is 1. The third-order valence-electron chi connectivity index (χ3n) is 4.73. The Hall–Kier alpha value is -1.77. The van der Waals surface area contributed by atoms with E-state index in [4.69, 9.17) is 16.7 Å².